The summed E-state index contributed by atoms with van der Waals surface area (Å²) in [6, 6.07) is 5.50. The van der Waals surface area contributed by atoms with E-state index in [1.54, 1.807) is 13.1 Å². The van der Waals surface area contributed by atoms with Gasteiger partial charge in [0.1, 0.15) is 5.84 Å². The highest BCUT2D eigenvalue weighted by molar-refractivity contribution is 6.42. The topological polar surface area (TPSA) is 24.4 Å². The first kappa shape index (κ1) is 14.3. The van der Waals surface area contributed by atoms with Crippen molar-refractivity contribution in [3.8, 4) is 0 Å². The molecule has 0 bridgehead atoms. The molecular weight excluding hydrogens is 255 g/mol. The van der Waals surface area contributed by atoms with Gasteiger partial charge in [0.2, 0.25) is 0 Å². The monoisotopic (exact) mass is 272 g/mol. The molecule has 1 rings (SSSR count). The number of amidine groups is 1. The van der Waals surface area contributed by atoms with Crippen molar-refractivity contribution in [2.75, 3.05) is 12.4 Å². The quantitative estimate of drug-likeness (QED) is 0.614. The highest BCUT2D eigenvalue weighted by Gasteiger charge is 2.09. The van der Waals surface area contributed by atoms with Crippen LogP contribution < -0.4 is 5.32 Å². The smallest absolute Gasteiger partial charge is 0.103 e. The Hall–Kier alpha value is -0.730. The number of rotatable bonds is 4. The second-order valence-corrected chi connectivity index (χ2v) is 4.87. The van der Waals surface area contributed by atoms with E-state index in [1.807, 2.05) is 12.1 Å². The summed E-state index contributed by atoms with van der Waals surface area (Å²) in [4.78, 5) is 4.28. The van der Waals surface area contributed by atoms with E-state index in [2.05, 4.69) is 24.2 Å². The van der Waals surface area contributed by atoms with Gasteiger partial charge in [-0.1, -0.05) is 43.5 Å². The van der Waals surface area contributed by atoms with Gasteiger partial charge in [0.05, 0.1) is 10.0 Å². The predicted octanol–water partition coefficient (Wildman–Crippen LogP) is 4.87. The Kier molecular flexibility index (Phi) is 5.79. The zero-order valence-corrected chi connectivity index (χ0v) is 11.9. The molecule has 0 aromatic heterocycles. The van der Waals surface area contributed by atoms with Gasteiger partial charge in [-0.3, -0.25) is 4.99 Å². The van der Waals surface area contributed by atoms with Gasteiger partial charge >= 0.3 is 0 Å². The van der Waals surface area contributed by atoms with Crippen LogP contribution in [-0.4, -0.2) is 12.9 Å². The fourth-order valence-corrected chi connectivity index (χ4v) is 1.99. The number of benzene rings is 1. The summed E-state index contributed by atoms with van der Waals surface area (Å²) in [5.41, 5.74) is 0.919. The Morgan fingerprint density at radius 3 is 2.59 bits per heavy atom. The Bertz CT molecular complexity index is 402. The minimum Gasteiger partial charge on any atom is -0.344 e. The van der Waals surface area contributed by atoms with Crippen molar-refractivity contribution < 1.29 is 0 Å². The van der Waals surface area contributed by atoms with Gasteiger partial charge in [-0.15, -0.1) is 0 Å². The first-order valence-electron chi connectivity index (χ1n) is 5.77. The summed E-state index contributed by atoms with van der Waals surface area (Å²) in [6.07, 6.45) is 2.25. The van der Waals surface area contributed by atoms with E-state index >= 15 is 0 Å². The van der Waals surface area contributed by atoms with Gasteiger partial charge in [0.15, 0.2) is 0 Å². The van der Waals surface area contributed by atoms with Crippen molar-refractivity contribution in [1.29, 1.82) is 0 Å². The van der Waals surface area contributed by atoms with Gasteiger partial charge in [-0.25, -0.2) is 0 Å². The molecule has 0 fully saturated rings. The maximum Gasteiger partial charge on any atom is 0.103 e. The molecule has 0 aliphatic carbocycles. The molecule has 1 N–H and O–H groups in total. The van der Waals surface area contributed by atoms with E-state index in [0.29, 0.717) is 16.0 Å². The Balaban J connectivity index is 2.78. The van der Waals surface area contributed by atoms with Crippen LogP contribution in [0.3, 0.4) is 0 Å². The normalized spacial score (nSPS) is 13.6. The fourth-order valence-electron chi connectivity index (χ4n) is 1.69. The Labute approximate surface area is 113 Å². The van der Waals surface area contributed by atoms with Gasteiger partial charge < -0.3 is 5.32 Å². The van der Waals surface area contributed by atoms with Crippen molar-refractivity contribution in [2.24, 2.45) is 10.9 Å². The number of nitrogens with one attached hydrogen (secondary N) is 1. The number of hydrogen-bond donors (Lipinski definition) is 1. The van der Waals surface area contributed by atoms with Crippen LogP contribution in [0.5, 0.6) is 0 Å². The number of halogens is 2. The summed E-state index contributed by atoms with van der Waals surface area (Å²) < 4.78 is 0. The molecule has 0 heterocycles. The third-order valence-corrected chi connectivity index (χ3v) is 3.36. The molecule has 0 amide bonds. The second kappa shape index (κ2) is 6.87. The summed E-state index contributed by atoms with van der Waals surface area (Å²) in [5.74, 6) is 1.39. The lowest BCUT2D eigenvalue weighted by Crippen LogP contribution is -2.20. The minimum atomic E-state index is 0.416. The van der Waals surface area contributed by atoms with Crippen LogP contribution in [-0.2, 0) is 0 Å². The first-order chi connectivity index (χ1) is 8.08. The van der Waals surface area contributed by atoms with Crippen molar-refractivity contribution >= 4 is 34.7 Å². The van der Waals surface area contributed by atoms with Gasteiger partial charge in [-0.2, -0.15) is 0 Å². The second-order valence-electron chi connectivity index (χ2n) is 4.05. The molecule has 0 aliphatic rings. The summed E-state index contributed by atoms with van der Waals surface area (Å²) >= 11 is 11.8. The lowest BCUT2D eigenvalue weighted by molar-refractivity contribution is 0.664. The van der Waals surface area contributed by atoms with E-state index in [9.17, 15) is 0 Å². The zero-order chi connectivity index (χ0) is 12.8. The molecule has 0 saturated heterocycles. The SMILES string of the molecule is CCC[C@H](C)C(=NC)Nc1ccc(Cl)c(Cl)c1. The molecule has 17 heavy (non-hydrogen) atoms. The van der Waals surface area contributed by atoms with Crippen molar-refractivity contribution in [3.05, 3.63) is 28.2 Å². The molecule has 0 saturated carbocycles. The van der Waals surface area contributed by atoms with Crippen molar-refractivity contribution in [3.63, 3.8) is 0 Å². The number of aliphatic imine (C=N–C) groups is 1. The molecule has 94 valence electrons. The third-order valence-electron chi connectivity index (χ3n) is 2.62. The van der Waals surface area contributed by atoms with Gasteiger partial charge in [0, 0.05) is 18.7 Å². The molecule has 0 spiro atoms. The van der Waals surface area contributed by atoms with Crippen LogP contribution >= 0.6 is 23.2 Å². The lowest BCUT2D eigenvalue weighted by Gasteiger charge is -2.16. The predicted molar refractivity (Wildman–Crippen MR) is 77.5 cm³/mol. The summed E-state index contributed by atoms with van der Waals surface area (Å²) in [6.45, 7) is 4.33. The molecule has 0 unspecified atom stereocenters. The number of hydrogen-bond acceptors (Lipinski definition) is 1. The maximum atomic E-state index is 5.97. The van der Waals surface area contributed by atoms with E-state index in [4.69, 9.17) is 23.2 Å². The van der Waals surface area contributed by atoms with Crippen LogP contribution in [0.4, 0.5) is 5.69 Å². The fraction of sp³-hybridized carbons (Fsp3) is 0.462. The molecular formula is C13H18Cl2N2. The zero-order valence-electron chi connectivity index (χ0n) is 10.4. The van der Waals surface area contributed by atoms with Crippen LogP contribution in [0.2, 0.25) is 10.0 Å². The molecule has 4 heteroatoms. The average Bonchev–Trinajstić information content (AvgIpc) is 2.30. The maximum absolute atomic E-state index is 5.97. The third kappa shape index (κ3) is 4.21. The van der Waals surface area contributed by atoms with E-state index in [0.717, 1.165) is 24.4 Å². The van der Waals surface area contributed by atoms with Gasteiger partial charge in [-0.05, 0) is 24.6 Å². The van der Waals surface area contributed by atoms with Crippen LogP contribution in [0, 0.1) is 5.92 Å². The molecule has 0 aliphatic heterocycles. The highest BCUT2D eigenvalue weighted by atomic mass is 35.5. The highest BCUT2D eigenvalue weighted by Crippen LogP contribution is 2.25. The molecule has 2 nitrogen and oxygen atoms in total. The van der Waals surface area contributed by atoms with Crippen LogP contribution in [0.1, 0.15) is 26.7 Å². The number of anilines is 1. The van der Waals surface area contributed by atoms with Crippen LogP contribution in [0.25, 0.3) is 0 Å². The Morgan fingerprint density at radius 1 is 1.35 bits per heavy atom. The standard InChI is InChI=1S/C13H18Cl2N2/c1-4-5-9(2)13(16-3)17-10-6-7-11(14)12(15)8-10/h6-9H,4-5H2,1-3H3,(H,16,17)/t9-/m0/s1. The summed E-state index contributed by atoms with van der Waals surface area (Å²) in [5, 5.41) is 4.40. The molecule has 0 radical (unpaired) electrons. The van der Waals surface area contributed by atoms with Crippen molar-refractivity contribution in [2.45, 2.75) is 26.7 Å². The van der Waals surface area contributed by atoms with E-state index < -0.39 is 0 Å². The van der Waals surface area contributed by atoms with Crippen molar-refractivity contribution in [1.82, 2.24) is 0 Å². The Morgan fingerprint density at radius 2 is 2.06 bits per heavy atom. The van der Waals surface area contributed by atoms with Crippen LogP contribution in [0.15, 0.2) is 23.2 Å². The first-order valence-corrected chi connectivity index (χ1v) is 6.52. The average molecular weight is 273 g/mol. The molecule has 1 aromatic rings. The number of nitrogens with zero attached hydrogens (tertiary/aromatic N) is 1. The van der Waals surface area contributed by atoms with Gasteiger partial charge in [0.25, 0.3) is 0 Å². The summed E-state index contributed by atoms with van der Waals surface area (Å²) in [7, 11) is 1.80. The lowest BCUT2D eigenvalue weighted by atomic mass is 10.0. The van der Waals surface area contributed by atoms with E-state index in [-0.39, 0.29) is 0 Å². The molecule has 1 atom stereocenters. The minimum absolute atomic E-state index is 0.416. The largest absolute Gasteiger partial charge is 0.344 e. The molecule has 1 aromatic carbocycles. The van der Waals surface area contributed by atoms with E-state index in [1.165, 1.54) is 0 Å².